The fourth-order valence-electron chi connectivity index (χ4n) is 3.36. The van der Waals surface area contributed by atoms with Crippen molar-refractivity contribution in [2.45, 2.75) is 43.9 Å². The first kappa shape index (κ1) is 12.4. The number of fused-ring (bicyclic) bond motifs is 1. The minimum absolute atomic E-state index is 0.00438. The fourth-order valence-corrected chi connectivity index (χ4v) is 3.36. The number of hydrogen-bond donors (Lipinski definition) is 2. The third-order valence-corrected chi connectivity index (χ3v) is 4.52. The zero-order valence-electron chi connectivity index (χ0n) is 10.6. The Hall–Kier alpha value is -0.650. The summed E-state index contributed by atoms with van der Waals surface area (Å²) < 4.78 is 11.1. The van der Waals surface area contributed by atoms with Crippen LogP contribution in [0.25, 0.3) is 0 Å². The molecule has 2 aliphatic heterocycles. The van der Waals surface area contributed by atoms with Crippen LogP contribution in [0, 0.1) is 11.8 Å². The number of nitrogens with one attached hydrogen (secondary N) is 1. The molecule has 3 N–H and O–H groups in total. The van der Waals surface area contributed by atoms with Gasteiger partial charge in [0.1, 0.15) is 0 Å². The molecule has 1 aliphatic carbocycles. The third-order valence-electron chi connectivity index (χ3n) is 4.52. The molecule has 0 bridgehead atoms. The maximum Gasteiger partial charge on any atom is 0.225 e. The smallest absolute Gasteiger partial charge is 0.225 e. The molecule has 1 amide bonds. The normalized spacial score (nSPS) is 43.7. The van der Waals surface area contributed by atoms with Gasteiger partial charge >= 0.3 is 0 Å². The Balaban J connectivity index is 1.54. The number of nitrogens with two attached hydrogens (primary N) is 1. The van der Waals surface area contributed by atoms with Gasteiger partial charge in [-0.3, -0.25) is 4.79 Å². The van der Waals surface area contributed by atoms with Crippen molar-refractivity contribution in [3.8, 4) is 0 Å². The molecule has 0 spiro atoms. The quantitative estimate of drug-likeness (QED) is 0.729. The van der Waals surface area contributed by atoms with Crippen LogP contribution in [0.4, 0.5) is 0 Å². The van der Waals surface area contributed by atoms with Gasteiger partial charge in [-0.2, -0.15) is 0 Å². The van der Waals surface area contributed by atoms with Gasteiger partial charge in [0.25, 0.3) is 0 Å². The lowest BCUT2D eigenvalue weighted by molar-refractivity contribution is -0.144. The van der Waals surface area contributed by atoms with E-state index in [-0.39, 0.29) is 30.0 Å². The van der Waals surface area contributed by atoms with E-state index in [2.05, 4.69) is 5.32 Å². The van der Waals surface area contributed by atoms with Crippen LogP contribution in [0.15, 0.2) is 0 Å². The van der Waals surface area contributed by atoms with Crippen molar-refractivity contribution in [3.05, 3.63) is 0 Å². The van der Waals surface area contributed by atoms with Gasteiger partial charge in [0.2, 0.25) is 5.91 Å². The number of carbonyl (C=O) groups excluding carboxylic acids is 1. The summed E-state index contributed by atoms with van der Waals surface area (Å²) in [6.07, 6.45) is 4.25. The van der Waals surface area contributed by atoms with E-state index in [0.717, 1.165) is 38.9 Å². The summed E-state index contributed by atoms with van der Waals surface area (Å²) in [5.41, 5.74) is 6.13. The maximum atomic E-state index is 12.1. The molecule has 1 saturated carbocycles. The highest BCUT2D eigenvalue weighted by Gasteiger charge is 2.51. The lowest BCUT2D eigenvalue weighted by Gasteiger charge is -2.52. The average Bonchev–Trinajstić information content (AvgIpc) is 2.45. The van der Waals surface area contributed by atoms with Crippen molar-refractivity contribution in [1.82, 2.24) is 5.32 Å². The standard InChI is InChI=1S/C13H22N2O3/c14-10-9-4-2-6-18-12(9)11(10)15-13(16)8-3-1-5-17-7-8/h8-12H,1-7,14H2,(H,15,16). The maximum absolute atomic E-state index is 12.1. The SMILES string of the molecule is NC1C2CCCOC2C1NC(=O)C1CCCOC1. The Kier molecular flexibility index (Phi) is 3.54. The van der Waals surface area contributed by atoms with Gasteiger partial charge in [-0.05, 0) is 25.7 Å². The van der Waals surface area contributed by atoms with Gasteiger partial charge in [-0.1, -0.05) is 0 Å². The monoisotopic (exact) mass is 254 g/mol. The highest BCUT2D eigenvalue weighted by molar-refractivity contribution is 5.79. The summed E-state index contributed by atoms with van der Waals surface area (Å²) in [5.74, 6) is 0.517. The molecule has 0 aromatic rings. The third kappa shape index (κ3) is 2.15. The summed E-state index contributed by atoms with van der Waals surface area (Å²) in [6.45, 7) is 2.12. The molecule has 5 atom stereocenters. The van der Waals surface area contributed by atoms with Crippen LogP contribution in [-0.4, -0.2) is 43.9 Å². The molecule has 102 valence electrons. The molecule has 0 radical (unpaired) electrons. The van der Waals surface area contributed by atoms with Crippen molar-refractivity contribution < 1.29 is 14.3 Å². The Morgan fingerprint density at radius 3 is 2.83 bits per heavy atom. The van der Waals surface area contributed by atoms with Crippen molar-refractivity contribution in [2.24, 2.45) is 17.6 Å². The summed E-state index contributed by atoms with van der Waals surface area (Å²) in [6, 6.07) is 0.0634. The average molecular weight is 254 g/mol. The second kappa shape index (κ2) is 5.15. The first-order chi connectivity index (χ1) is 8.77. The molecule has 5 heteroatoms. The highest BCUT2D eigenvalue weighted by Crippen LogP contribution is 2.37. The number of carbonyl (C=O) groups is 1. The molecular weight excluding hydrogens is 232 g/mol. The minimum atomic E-state index is -0.00593. The van der Waals surface area contributed by atoms with Gasteiger partial charge < -0.3 is 20.5 Å². The molecule has 3 rings (SSSR count). The van der Waals surface area contributed by atoms with Crippen LogP contribution < -0.4 is 11.1 Å². The van der Waals surface area contributed by atoms with Gasteiger partial charge in [0.15, 0.2) is 0 Å². The largest absolute Gasteiger partial charge is 0.381 e. The Morgan fingerprint density at radius 1 is 1.22 bits per heavy atom. The zero-order chi connectivity index (χ0) is 12.5. The zero-order valence-corrected chi connectivity index (χ0v) is 10.6. The second-order valence-electron chi connectivity index (χ2n) is 5.67. The van der Waals surface area contributed by atoms with E-state index in [1.165, 1.54) is 0 Å². The van der Waals surface area contributed by atoms with Gasteiger partial charge in [0, 0.05) is 25.2 Å². The summed E-state index contributed by atoms with van der Waals surface area (Å²) >= 11 is 0. The predicted molar refractivity (Wildman–Crippen MR) is 65.9 cm³/mol. The van der Waals surface area contributed by atoms with E-state index < -0.39 is 0 Å². The first-order valence-corrected chi connectivity index (χ1v) is 7.02. The molecule has 3 aliphatic rings. The topological polar surface area (TPSA) is 73.6 Å². The van der Waals surface area contributed by atoms with E-state index in [4.69, 9.17) is 15.2 Å². The van der Waals surface area contributed by atoms with Crippen molar-refractivity contribution in [3.63, 3.8) is 0 Å². The Bertz CT molecular complexity index is 317. The predicted octanol–water partition coefficient (Wildman–Crippen LogP) is 0.0339. The summed E-state index contributed by atoms with van der Waals surface area (Å²) in [4.78, 5) is 12.1. The van der Waals surface area contributed by atoms with E-state index in [0.29, 0.717) is 12.5 Å². The molecule has 0 aromatic carbocycles. The highest BCUT2D eigenvalue weighted by atomic mass is 16.5. The van der Waals surface area contributed by atoms with Gasteiger partial charge in [0.05, 0.1) is 24.7 Å². The van der Waals surface area contributed by atoms with Crippen molar-refractivity contribution in [1.29, 1.82) is 0 Å². The van der Waals surface area contributed by atoms with Crippen molar-refractivity contribution >= 4 is 5.91 Å². The van der Waals surface area contributed by atoms with Crippen LogP contribution in [0.5, 0.6) is 0 Å². The minimum Gasteiger partial charge on any atom is -0.381 e. The van der Waals surface area contributed by atoms with Gasteiger partial charge in [-0.25, -0.2) is 0 Å². The fraction of sp³-hybridized carbons (Fsp3) is 0.923. The molecule has 18 heavy (non-hydrogen) atoms. The molecule has 2 saturated heterocycles. The lowest BCUT2D eigenvalue weighted by atomic mass is 9.68. The Morgan fingerprint density at radius 2 is 2.06 bits per heavy atom. The van der Waals surface area contributed by atoms with E-state index in [9.17, 15) is 4.79 Å². The van der Waals surface area contributed by atoms with Crippen LogP contribution in [-0.2, 0) is 14.3 Å². The first-order valence-electron chi connectivity index (χ1n) is 7.02. The van der Waals surface area contributed by atoms with E-state index in [1.54, 1.807) is 0 Å². The molecule has 2 heterocycles. The van der Waals surface area contributed by atoms with Crippen LogP contribution in [0.2, 0.25) is 0 Å². The van der Waals surface area contributed by atoms with Crippen LogP contribution in [0.3, 0.4) is 0 Å². The molecule has 3 fully saturated rings. The van der Waals surface area contributed by atoms with Crippen molar-refractivity contribution in [2.75, 3.05) is 19.8 Å². The Labute approximate surface area is 107 Å². The van der Waals surface area contributed by atoms with Crippen LogP contribution >= 0.6 is 0 Å². The summed E-state index contributed by atoms with van der Waals surface area (Å²) in [7, 11) is 0. The van der Waals surface area contributed by atoms with E-state index >= 15 is 0 Å². The van der Waals surface area contributed by atoms with Gasteiger partial charge in [-0.15, -0.1) is 0 Å². The number of hydrogen-bond acceptors (Lipinski definition) is 4. The summed E-state index contributed by atoms with van der Waals surface area (Å²) in [5, 5.41) is 3.07. The van der Waals surface area contributed by atoms with Crippen LogP contribution in [0.1, 0.15) is 25.7 Å². The second-order valence-corrected chi connectivity index (χ2v) is 5.67. The molecule has 5 unspecified atom stereocenters. The number of rotatable bonds is 2. The molecule has 0 aromatic heterocycles. The number of ether oxygens (including phenoxy) is 2. The lowest BCUT2D eigenvalue weighted by Crippen LogP contribution is -2.72. The number of amides is 1. The molecular formula is C13H22N2O3. The van der Waals surface area contributed by atoms with E-state index in [1.807, 2.05) is 0 Å². The molecule has 5 nitrogen and oxygen atoms in total.